The number of nitrogens with one attached hydrogen (secondary N) is 1. The molecule has 2 aromatic carbocycles. The van der Waals surface area contributed by atoms with Crippen molar-refractivity contribution in [3.8, 4) is 11.1 Å². The summed E-state index contributed by atoms with van der Waals surface area (Å²) in [7, 11) is 0.802. The monoisotopic (exact) mass is 446 g/mol. The molecule has 1 atom stereocenters. The first kappa shape index (κ1) is 21.5. The maximum Gasteiger partial charge on any atom is 0.465 e. The second-order valence-corrected chi connectivity index (χ2v) is 6.74. The number of amides is 1. The van der Waals surface area contributed by atoms with Crippen LogP contribution in [0.15, 0.2) is 71.8 Å². The molecule has 0 saturated heterocycles. The van der Waals surface area contributed by atoms with Gasteiger partial charge in [-0.05, 0) is 29.8 Å². The summed E-state index contributed by atoms with van der Waals surface area (Å²) >= 11 is 0. The zero-order chi connectivity index (χ0) is 22.8. The Morgan fingerprint density at radius 3 is 2.59 bits per heavy atom. The van der Waals surface area contributed by atoms with Crippen LogP contribution in [0, 0.1) is 0 Å². The second kappa shape index (κ2) is 8.44. The van der Waals surface area contributed by atoms with E-state index in [4.69, 9.17) is 9.26 Å². The fraction of sp³-hybridized carbons (Fsp3) is 0.190. The minimum Gasteiger partial charge on any atom is -0.364 e. The molecule has 11 heteroatoms. The average molecular weight is 446 g/mol. The number of imidazole rings is 1. The van der Waals surface area contributed by atoms with Gasteiger partial charge in [0.15, 0.2) is 0 Å². The predicted molar refractivity (Wildman–Crippen MR) is 106 cm³/mol. The van der Waals surface area contributed by atoms with Crippen molar-refractivity contribution in [3.05, 3.63) is 72.9 Å². The summed E-state index contributed by atoms with van der Waals surface area (Å²) < 4.78 is 57.6. The zero-order valence-corrected chi connectivity index (χ0v) is 16.7. The van der Waals surface area contributed by atoms with Crippen LogP contribution >= 0.6 is 0 Å². The van der Waals surface area contributed by atoms with Gasteiger partial charge in [-0.1, -0.05) is 29.4 Å². The maximum absolute atomic E-state index is 13.9. The maximum atomic E-state index is 13.9. The van der Waals surface area contributed by atoms with Gasteiger partial charge in [-0.3, -0.25) is 10.1 Å². The number of hydrogen-bond acceptors (Lipinski definition) is 6. The van der Waals surface area contributed by atoms with Crippen molar-refractivity contribution in [3.63, 3.8) is 0 Å². The number of benzene rings is 2. The Morgan fingerprint density at radius 1 is 1.16 bits per heavy atom. The predicted octanol–water partition coefficient (Wildman–Crippen LogP) is 3.96. The van der Waals surface area contributed by atoms with Crippen molar-refractivity contribution < 1.29 is 32.0 Å². The normalized spacial score (nSPS) is 13.8. The number of methoxy groups -OCH3 is 1. The summed E-state index contributed by atoms with van der Waals surface area (Å²) in [6, 6.07) is 12.6. The van der Waals surface area contributed by atoms with Gasteiger partial charge in [0.25, 0.3) is 5.91 Å². The van der Waals surface area contributed by atoms with E-state index < -0.39 is 24.7 Å². The lowest BCUT2D eigenvalue weighted by molar-refractivity contribution is -0.390. The number of halogens is 3. The molecule has 2 heterocycles. The molecule has 166 valence electrons. The number of nitrogens with zero attached hydrogens (tertiary/aromatic N) is 3. The van der Waals surface area contributed by atoms with Crippen LogP contribution in [0.4, 0.5) is 13.2 Å². The van der Waals surface area contributed by atoms with E-state index in [1.807, 2.05) is 5.32 Å². The molecule has 0 aliphatic carbocycles. The molecule has 0 fully saturated rings. The minimum atomic E-state index is -5.07. The van der Waals surface area contributed by atoms with Crippen LogP contribution in [0.25, 0.3) is 22.2 Å². The Morgan fingerprint density at radius 2 is 1.94 bits per heavy atom. The first-order chi connectivity index (χ1) is 15.3. The van der Waals surface area contributed by atoms with Crippen LogP contribution in [0.3, 0.4) is 0 Å². The van der Waals surface area contributed by atoms with Crippen molar-refractivity contribution in [1.29, 1.82) is 0 Å². The number of hydrogen-bond donors (Lipinski definition) is 1. The molecule has 2 aromatic heterocycles. The molecule has 4 rings (SSSR count). The van der Waals surface area contributed by atoms with Gasteiger partial charge in [-0.2, -0.15) is 13.2 Å². The van der Waals surface area contributed by atoms with E-state index in [1.54, 1.807) is 24.3 Å². The zero-order valence-electron chi connectivity index (χ0n) is 16.7. The largest absolute Gasteiger partial charge is 0.465 e. The molecular formula is C21H17F3N4O4. The van der Waals surface area contributed by atoms with Gasteiger partial charge in [-0.25, -0.2) is 4.98 Å². The van der Waals surface area contributed by atoms with Gasteiger partial charge >= 0.3 is 12.1 Å². The molecule has 0 spiro atoms. The number of aromatic nitrogens is 3. The summed E-state index contributed by atoms with van der Waals surface area (Å²) in [5, 5.41) is 5.46. The highest BCUT2D eigenvalue weighted by molar-refractivity contribution is 5.94. The van der Waals surface area contributed by atoms with Crippen molar-refractivity contribution in [2.75, 3.05) is 7.11 Å². The number of ether oxygens (including phenoxy) is 2. The summed E-state index contributed by atoms with van der Waals surface area (Å²) in [5.74, 6) is -4.36. The van der Waals surface area contributed by atoms with E-state index in [1.165, 1.54) is 47.6 Å². The third-order valence-electron chi connectivity index (χ3n) is 4.77. The molecular weight excluding hydrogens is 429 g/mol. The van der Waals surface area contributed by atoms with Gasteiger partial charge in [-0.15, -0.1) is 0 Å². The molecule has 0 bridgehead atoms. The standard InChI is InChI=1S/C21H17F3N4O4/c1-30-21(20(22,23)24,27-19(29)14-5-3-2-4-6-14)31-13-28-12-25-17-9-15(7-8-18(17)28)16-10-26-32-11-16/h2-12H,13H2,1H3,(H,27,29). The fourth-order valence-corrected chi connectivity index (χ4v) is 3.08. The van der Waals surface area contributed by atoms with Gasteiger partial charge in [0.1, 0.15) is 13.0 Å². The molecule has 32 heavy (non-hydrogen) atoms. The highest BCUT2D eigenvalue weighted by atomic mass is 19.4. The topological polar surface area (TPSA) is 91.4 Å². The number of alkyl halides is 3. The molecule has 4 aromatic rings. The SMILES string of the molecule is COC(NC(=O)c1ccccc1)(OCn1cnc2cc(-c3cnoc3)ccc21)C(F)(F)F. The summed E-state index contributed by atoms with van der Waals surface area (Å²) in [4.78, 5) is 16.6. The number of fused-ring (bicyclic) bond motifs is 1. The van der Waals surface area contributed by atoms with Crippen LogP contribution in [0.1, 0.15) is 10.4 Å². The molecule has 0 radical (unpaired) electrons. The number of carbonyl (C=O) groups is 1. The molecule has 8 nitrogen and oxygen atoms in total. The van der Waals surface area contributed by atoms with Crippen molar-refractivity contribution in [2.24, 2.45) is 0 Å². The number of carbonyl (C=O) groups excluding carboxylic acids is 1. The van der Waals surface area contributed by atoms with E-state index in [9.17, 15) is 18.0 Å². The third-order valence-corrected chi connectivity index (χ3v) is 4.77. The van der Waals surface area contributed by atoms with Gasteiger partial charge in [0, 0.05) is 18.2 Å². The van der Waals surface area contributed by atoms with E-state index in [2.05, 4.69) is 14.9 Å². The molecule has 0 aliphatic heterocycles. The van der Waals surface area contributed by atoms with Gasteiger partial charge < -0.3 is 18.6 Å². The van der Waals surface area contributed by atoms with Crippen molar-refractivity contribution in [2.45, 2.75) is 18.8 Å². The van der Waals surface area contributed by atoms with Crippen LogP contribution < -0.4 is 5.32 Å². The summed E-state index contributed by atoms with van der Waals surface area (Å²) in [5.41, 5.74) is 2.58. The Balaban J connectivity index is 1.58. The van der Waals surface area contributed by atoms with Crippen molar-refractivity contribution in [1.82, 2.24) is 20.0 Å². The van der Waals surface area contributed by atoms with E-state index in [0.717, 1.165) is 18.2 Å². The minimum absolute atomic E-state index is 0.0242. The van der Waals surface area contributed by atoms with Crippen LogP contribution in [0.2, 0.25) is 0 Å². The highest BCUT2D eigenvalue weighted by Gasteiger charge is 2.59. The van der Waals surface area contributed by atoms with Gasteiger partial charge in [0.05, 0.1) is 23.6 Å². The van der Waals surface area contributed by atoms with Crippen LogP contribution in [-0.4, -0.2) is 39.8 Å². The lowest BCUT2D eigenvalue weighted by Crippen LogP contribution is -2.62. The first-order valence-electron chi connectivity index (χ1n) is 9.31. The molecule has 0 aliphatic rings. The quantitative estimate of drug-likeness (QED) is 0.432. The van der Waals surface area contributed by atoms with E-state index in [-0.39, 0.29) is 5.56 Å². The van der Waals surface area contributed by atoms with Crippen LogP contribution in [-0.2, 0) is 16.2 Å². The second-order valence-electron chi connectivity index (χ2n) is 6.74. The summed E-state index contributed by atoms with van der Waals surface area (Å²) in [6.07, 6.45) is -0.734. The lowest BCUT2D eigenvalue weighted by Gasteiger charge is -2.34. The lowest BCUT2D eigenvalue weighted by atomic mass is 10.1. The van der Waals surface area contributed by atoms with E-state index in [0.29, 0.717) is 11.0 Å². The van der Waals surface area contributed by atoms with Crippen molar-refractivity contribution >= 4 is 16.9 Å². The number of rotatable bonds is 7. The Kier molecular flexibility index (Phi) is 5.68. The molecule has 1 amide bonds. The Bertz CT molecular complexity index is 1210. The Hall–Kier alpha value is -3.70. The summed E-state index contributed by atoms with van der Waals surface area (Å²) in [6.45, 7) is -0.592. The fourth-order valence-electron chi connectivity index (χ4n) is 3.08. The Labute approximate surface area is 179 Å². The molecule has 1 unspecified atom stereocenters. The first-order valence-corrected chi connectivity index (χ1v) is 9.31. The third kappa shape index (κ3) is 4.07. The van der Waals surface area contributed by atoms with Gasteiger partial charge in [0.2, 0.25) is 0 Å². The molecule has 1 N–H and O–H groups in total. The smallest absolute Gasteiger partial charge is 0.364 e. The average Bonchev–Trinajstić information content (AvgIpc) is 3.46. The molecule has 0 saturated carbocycles. The van der Waals surface area contributed by atoms with Crippen LogP contribution in [0.5, 0.6) is 0 Å². The highest BCUT2D eigenvalue weighted by Crippen LogP contribution is 2.33. The van der Waals surface area contributed by atoms with E-state index >= 15 is 0 Å².